The highest BCUT2D eigenvalue weighted by Gasteiger charge is 1.93. The first-order chi connectivity index (χ1) is 6.86. The van der Waals surface area contributed by atoms with Gasteiger partial charge in [0, 0.05) is 6.54 Å². The van der Waals surface area contributed by atoms with Gasteiger partial charge in [0.1, 0.15) is 0 Å². The van der Waals surface area contributed by atoms with Crippen molar-refractivity contribution >= 4 is 6.08 Å². The molecule has 0 radical (unpaired) electrons. The van der Waals surface area contributed by atoms with E-state index in [9.17, 15) is 0 Å². The predicted octanol–water partition coefficient (Wildman–Crippen LogP) is 3.04. The van der Waals surface area contributed by atoms with Crippen molar-refractivity contribution < 1.29 is 0 Å². The maximum atomic E-state index is 2.39. The molecule has 1 heteroatoms. The van der Waals surface area contributed by atoms with Gasteiger partial charge in [-0.05, 0) is 18.7 Å². The van der Waals surface area contributed by atoms with Gasteiger partial charge in [0.2, 0.25) is 0 Å². The van der Waals surface area contributed by atoms with Gasteiger partial charge in [-0.15, -0.1) is 0 Å². The molecule has 14 heavy (non-hydrogen) atoms. The summed E-state index contributed by atoms with van der Waals surface area (Å²) >= 11 is 0. The molecule has 1 aromatic rings. The smallest absolute Gasteiger partial charge is 0.0166 e. The highest BCUT2D eigenvalue weighted by Crippen LogP contribution is 2.01. The molecule has 0 aliphatic carbocycles. The summed E-state index contributed by atoms with van der Waals surface area (Å²) in [4.78, 5) is 2.39. The summed E-state index contributed by atoms with van der Waals surface area (Å²) in [6.45, 7) is 7.67. The molecular weight excluding hydrogens is 170 g/mol. The van der Waals surface area contributed by atoms with E-state index in [2.05, 4.69) is 55.2 Å². The first kappa shape index (κ1) is 11.0. The van der Waals surface area contributed by atoms with Crippen LogP contribution < -0.4 is 0 Å². The zero-order chi connectivity index (χ0) is 10.2. The lowest BCUT2D eigenvalue weighted by Crippen LogP contribution is -2.22. The summed E-state index contributed by atoms with van der Waals surface area (Å²) in [6, 6.07) is 10.4. The summed E-state index contributed by atoms with van der Waals surface area (Å²) in [5.74, 6) is 0. The van der Waals surface area contributed by atoms with Gasteiger partial charge in [-0.1, -0.05) is 56.3 Å². The second kappa shape index (κ2) is 6.39. The number of nitrogens with zero attached hydrogens (tertiary/aromatic N) is 1. The van der Waals surface area contributed by atoms with Crippen molar-refractivity contribution in [2.75, 3.05) is 19.6 Å². The molecule has 1 nitrogen and oxygen atoms in total. The summed E-state index contributed by atoms with van der Waals surface area (Å²) in [5.41, 5.74) is 1.28. The summed E-state index contributed by atoms with van der Waals surface area (Å²) in [5, 5.41) is 0. The zero-order valence-electron chi connectivity index (χ0n) is 9.11. The fourth-order valence-electron chi connectivity index (χ4n) is 1.38. The van der Waals surface area contributed by atoms with Crippen molar-refractivity contribution in [1.82, 2.24) is 4.90 Å². The quantitative estimate of drug-likeness (QED) is 0.688. The highest BCUT2D eigenvalue weighted by molar-refractivity contribution is 5.48. The van der Waals surface area contributed by atoms with E-state index in [1.807, 2.05) is 6.07 Å². The van der Waals surface area contributed by atoms with E-state index in [0.717, 1.165) is 19.6 Å². The minimum atomic E-state index is 1.04. The van der Waals surface area contributed by atoms with E-state index in [0.29, 0.717) is 0 Å². The second-order valence-electron chi connectivity index (χ2n) is 3.30. The van der Waals surface area contributed by atoms with E-state index in [1.54, 1.807) is 0 Å². The van der Waals surface area contributed by atoms with Crippen molar-refractivity contribution in [3.05, 3.63) is 42.0 Å². The van der Waals surface area contributed by atoms with E-state index >= 15 is 0 Å². The molecule has 0 aliphatic rings. The molecular formula is C13H19N. The topological polar surface area (TPSA) is 3.24 Å². The molecule has 0 bridgehead atoms. The normalized spacial score (nSPS) is 11.4. The lowest BCUT2D eigenvalue weighted by Gasteiger charge is -2.14. The Morgan fingerprint density at radius 2 is 1.71 bits per heavy atom. The molecule has 0 saturated carbocycles. The Morgan fingerprint density at radius 3 is 2.29 bits per heavy atom. The van der Waals surface area contributed by atoms with Crippen molar-refractivity contribution in [2.45, 2.75) is 13.8 Å². The summed E-state index contributed by atoms with van der Waals surface area (Å²) in [7, 11) is 0. The molecule has 0 saturated heterocycles. The Morgan fingerprint density at radius 1 is 1.07 bits per heavy atom. The molecule has 1 aromatic carbocycles. The van der Waals surface area contributed by atoms with Crippen molar-refractivity contribution in [3.8, 4) is 0 Å². The van der Waals surface area contributed by atoms with Crippen LogP contribution in [0.2, 0.25) is 0 Å². The molecule has 0 heterocycles. The van der Waals surface area contributed by atoms with Crippen LogP contribution in [0.5, 0.6) is 0 Å². The zero-order valence-corrected chi connectivity index (χ0v) is 9.11. The molecule has 76 valence electrons. The minimum absolute atomic E-state index is 1.04. The van der Waals surface area contributed by atoms with Gasteiger partial charge in [-0.25, -0.2) is 0 Å². The Labute approximate surface area is 87.1 Å². The summed E-state index contributed by atoms with van der Waals surface area (Å²) < 4.78 is 0. The maximum absolute atomic E-state index is 2.39. The van der Waals surface area contributed by atoms with Gasteiger partial charge in [0.05, 0.1) is 0 Å². The van der Waals surface area contributed by atoms with E-state index < -0.39 is 0 Å². The van der Waals surface area contributed by atoms with E-state index in [-0.39, 0.29) is 0 Å². The van der Waals surface area contributed by atoms with Crippen molar-refractivity contribution in [2.24, 2.45) is 0 Å². The third-order valence-corrected chi connectivity index (χ3v) is 2.37. The molecule has 0 fully saturated rings. The highest BCUT2D eigenvalue weighted by atomic mass is 15.1. The first-order valence-corrected chi connectivity index (χ1v) is 5.30. The van der Waals surface area contributed by atoms with Gasteiger partial charge < -0.3 is 4.90 Å². The Kier molecular flexibility index (Phi) is 5.02. The average molecular weight is 189 g/mol. The van der Waals surface area contributed by atoms with Crippen LogP contribution in [-0.4, -0.2) is 24.5 Å². The second-order valence-corrected chi connectivity index (χ2v) is 3.30. The molecule has 0 aliphatic heterocycles. The predicted molar refractivity (Wildman–Crippen MR) is 63.3 cm³/mol. The molecule has 0 N–H and O–H groups in total. The third-order valence-electron chi connectivity index (χ3n) is 2.37. The van der Waals surface area contributed by atoms with Crippen LogP contribution in [0.25, 0.3) is 6.08 Å². The fourth-order valence-corrected chi connectivity index (χ4v) is 1.38. The lowest BCUT2D eigenvalue weighted by molar-refractivity contribution is 0.338. The molecule has 0 aromatic heterocycles. The number of hydrogen-bond acceptors (Lipinski definition) is 1. The van der Waals surface area contributed by atoms with Crippen LogP contribution in [0.4, 0.5) is 0 Å². The fraction of sp³-hybridized carbons (Fsp3) is 0.385. The van der Waals surface area contributed by atoms with Gasteiger partial charge in [0.25, 0.3) is 0 Å². The molecule has 0 unspecified atom stereocenters. The SMILES string of the molecule is CCN(CC)C/C=C/c1ccccc1. The van der Waals surface area contributed by atoms with Crippen molar-refractivity contribution in [3.63, 3.8) is 0 Å². The van der Waals surface area contributed by atoms with Crippen LogP contribution in [-0.2, 0) is 0 Å². The van der Waals surface area contributed by atoms with Crippen LogP contribution in [0.15, 0.2) is 36.4 Å². The Hall–Kier alpha value is -1.08. The standard InChI is InChI=1S/C13H19N/c1-3-14(4-2)12-8-11-13-9-6-5-7-10-13/h5-11H,3-4,12H2,1-2H3/b11-8+. The minimum Gasteiger partial charge on any atom is -0.300 e. The van der Waals surface area contributed by atoms with Gasteiger partial charge >= 0.3 is 0 Å². The van der Waals surface area contributed by atoms with Crippen LogP contribution >= 0.6 is 0 Å². The monoisotopic (exact) mass is 189 g/mol. The average Bonchev–Trinajstić information content (AvgIpc) is 2.26. The number of benzene rings is 1. The maximum Gasteiger partial charge on any atom is 0.0166 e. The molecule has 0 spiro atoms. The number of likely N-dealkylation sites (N-methyl/N-ethyl adjacent to an activating group) is 1. The number of rotatable bonds is 5. The third kappa shape index (κ3) is 3.75. The van der Waals surface area contributed by atoms with Crippen LogP contribution in [0.1, 0.15) is 19.4 Å². The molecule has 0 amide bonds. The number of hydrogen-bond donors (Lipinski definition) is 0. The van der Waals surface area contributed by atoms with E-state index in [4.69, 9.17) is 0 Å². The van der Waals surface area contributed by atoms with Gasteiger partial charge in [0.15, 0.2) is 0 Å². The molecule has 1 rings (SSSR count). The van der Waals surface area contributed by atoms with Gasteiger partial charge in [-0.2, -0.15) is 0 Å². The largest absolute Gasteiger partial charge is 0.300 e. The molecule has 0 atom stereocenters. The van der Waals surface area contributed by atoms with Crippen molar-refractivity contribution in [1.29, 1.82) is 0 Å². The summed E-state index contributed by atoms with van der Waals surface area (Å²) in [6.07, 6.45) is 4.40. The van der Waals surface area contributed by atoms with Crippen LogP contribution in [0.3, 0.4) is 0 Å². The lowest BCUT2D eigenvalue weighted by atomic mass is 10.2. The van der Waals surface area contributed by atoms with Gasteiger partial charge in [-0.3, -0.25) is 0 Å². The van der Waals surface area contributed by atoms with E-state index in [1.165, 1.54) is 5.56 Å². The van der Waals surface area contributed by atoms with Crippen LogP contribution in [0, 0.1) is 0 Å². The Bertz CT molecular complexity index is 260. The first-order valence-electron chi connectivity index (χ1n) is 5.30. The Balaban J connectivity index is 2.41.